The number of carbonyl (C=O) groups excluding carboxylic acids is 6. The van der Waals surface area contributed by atoms with Gasteiger partial charge in [-0.1, -0.05) is 19.1 Å². The fourth-order valence-electron chi connectivity index (χ4n) is 11.2. The first-order valence-electron chi connectivity index (χ1n) is 27.6. The van der Waals surface area contributed by atoms with Crippen molar-refractivity contribution in [3.63, 3.8) is 0 Å². The number of amides is 6. The van der Waals surface area contributed by atoms with Gasteiger partial charge < -0.3 is 55.6 Å². The van der Waals surface area contributed by atoms with Gasteiger partial charge in [-0.25, -0.2) is 4.39 Å². The Labute approximate surface area is 461 Å². The van der Waals surface area contributed by atoms with Crippen LogP contribution in [-0.2, 0) is 42.9 Å². The van der Waals surface area contributed by atoms with E-state index in [1.54, 1.807) is 23.4 Å². The number of pyridine rings is 2. The Bertz CT molecular complexity index is 2610. The van der Waals surface area contributed by atoms with Gasteiger partial charge in [0, 0.05) is 99.3 Å². The number of hydrogen-bond donors (Lipinski definition) is 5. The van der Waals surface area contributed by atoms with E-state index in [0.29, 0.717) is 77.8 Å². The summed E-state index contributed by atoms with van der Waals surface area (Å²) in [6, 6.07) is 7.50. The molecule has 6 atom stereocenters. The number of nitrogens with one attached hydrogen (secondary N) is 4. The molecular weight excluding hydrogens is 1060 g/mol. The number of ether oxygens (including phenoxy) is 5. The van der Waals surface area contributed by atoms with E-state index in [1.807, 2.05) is 13.0 Å². The molecule has 6 N–H and O–H groups in total. The van der Waals surface area contributed by atoms with Gasteiger partial charge in [-0.3, -0.25) is 38.7 Å². The van der Waals surface area contributed by atoms with Crippen molar-refractivity contribution >= 4 is 41.1 Å². The highest BCUT2D eigenvalue weighted by Crippen LogP contribution is 2.55. The predicted molar refractivity (Wildman–Crippen MR) is 279 cm³/mol. The summed E-state index contributed by atoms with van der Waals surface area (Å²) < 4.78 is 102. The van der Waals surface area contributed by atoms with Gasteiger partial charge in [0.05, 0.1) is 37.4 Å². The smallest absolute Gasteiger partial charge is 0.417 e. The number of anilines is 1. The molecule has 80 heavy (non-hydrogen) atoms. The molecule has 0 bridgehead atoms. The second kappa shape index (κ2) is 28.4. The van der Waals surface area contributed by atoms with Gasteiger partial charge in [0.1, 0.15) is 18.4 Å². The highest BCUT2D eigenvalue weighted by atomic mass is 19.4. The van der Waals surface area contributed by atoms with Gasteiger partial charge in [0.15, 0.2) is 17.2 Å². The monoisotopic (exact) mass is 1130 g/mol. The molecule has 3 aromatic rings. The topological polar surface area (TPSA) is 252 Å². The van der Waals surface area contributed by atoms with Crippen LogP contribution in [-0.4, -0.2) is 139 Å². The molecule has 24 heteroatoms. The Morgan fingerprint density at radius 3 is 2.24 bits per heavy atom. The SMILES string of the molecule is CCN1C(=O)C[C@H](C(=O)NCCOC2CCC(OCCCC(=O)NC3CCC(C(=O)NCCCOCCOc4c([C@H]5[C@H](C(=O)Nc6ccnc(C(N)=O)c6)O[C@@](C)(C(F)(F)F)[C@H]5C)ccc(F)c4F)CC3)CC2)[C@H]1c1cccnc1. The van der Waals surface area contributed by atoms with Gasteiger partial charge >= 0.3 is 6.18 Å². The van der Waals surface area contributed by atoms with Gasteiger partial charge in [-0.15, -0.1) is 0 Å². The average molecular weight is 1130 g/mol. The lowest BCUT2D eigenvalue weighted by Gasteiger charge is -2.32. The van der Waals surface area contributed by atoms with Crippen molar-refractivity contribution in [2.24, 2.45) is 23.5 Å². The molecule has 2 saturated carbocycles. The number of likely N-dealkylation sites (tertiary alicyclic amines) is 1. The van der Waals surface area contributed by atoms with Crippen molar-refractivity contribution in [2.75, 3.05) is 58.0 Å². The van der Waals surface area contributed by atoms with Crippen LogP contribution in [0, 0.1) is 29.4 Å². The molecule has 2 aliphatic heterocycles. The fraction of sp³-hybridized carbons (Fsp3) is 0.607. The Hall–Kier alpha value is -6.37. The zero-order chi connectivity index (χ0) is 57.6. The molecular formula is C56H73F5N8O11. The molecule has 0 radical (unpaired) electrons. The maximum Gasteiger partial charge on any atom is 0.417 e. The molecule has 1 aromatic carbocycles. The number of benzene rings is 1. The van der Waals surface area contributed by atoms with Crippen molar-refractivity contribution in [2.45, 2.75) is 146 Å². The molecule has 2 aliphatic carbocycles. The zero-order valence-corrected chi connectivity index (χ0v) is 45.3. The van der Waals surface area contributed by atoms with Crippen LogP contribution < -0.4 is 31.7 Å². The zero-order valence-electron chi connectivity index (χ0n) is 45.3. The number of aromatic nitrogens is 2. The number of alkyl halides is 3. The number of halogens is 5. The summed E-state index contributed by atoms with van der Waals surface area (Å²) in [6.07, 6.45) is 5.16. The number of nitrogens with two attached hydrogens (primary N) is 1. The third-order valence-corrected chi connectivity index (χ3v) is 15.8. The van der Waals surface area contributed by atoms with Crippen molar-refractivity contribution in [3.05, 3.63) is 83.4 Å². The third kappa shape index (κ3) is 15.5. The Balaban J connectivity index is 0.731. The van der Waals surface area contributed by atoms with E-state index in [4.69, 9.17) is 29.4 Å². The molecule has 0 spiro atoms. The van der Waals surface area contributed by atoms with E-state index in [2.05, 4.69) is 31.2 Å². The third-order valence-electron chi connectivity index (χ3n) is 15.8. The van der Waals surface area contributed by atoms with Gasteiger partial charge in [0.25, 0.3) is 11.8 Å². The maximum absolute atomic E-state index is 15.4. The summed E-state index contributed by atoms with van der Waals surface area (Å²) in [6.45, 7) is 5.51. The first-order chi connectivity index (χ1) is 38.3. The predicted octanol–water partition coefficient (Wildman–Crippen LogP) is 6.36. The van der Waals surface area contributed by atoms with Gasteiger partial charge in [-0.2, -0.15) is 17.6 Å². The summed E-state index contributed by atoms with van der Waals surface area (Å²) in [5.74, 6) is -9.60. The standard InChI is InChI=1S/C56H73F5N8O11/c1-4-69-45(71)31-41(48(69)35-8-5-21-63-32-35)53(74)66-24-27-78-39-16-14-38(15-17-39)77-26-6-9-44(70)67-36-12-10-34(11-13-36)52(73)65-22-7-25-76-28-29-79-49-40(18-19-42(57)47(49)58)46-33(2)55(3,56(59,60)61)80-50(46)54(75)68-37-20-23-64-43(30-37)51(62)72/h5,8,18-21,23,30,32-34,36,38-39,41,46,48,50H,4,6-7,9-17,22,24-29,31H2,1-3H3,(H2,62,72)(H,65,73)(H,66,74)(H,67,70)(H,64,68,75)/t33-,34?,36?,38?,39?,41-,46-,48+,50+,55+/m0/s1. The van der Waals surface area contributed by atoms with Crippen molar-refractivity contribution in [3.8, 4) is 5.75 Å². The quantitative estimate of drug-likeness (QED) is 0.0434. The number of carbonyl (C=O) groups is 6. The van der Waals surface area contributed by atoms with Crippen LogP contribution in [0.2, 0.25) is 0 Å². The van der Waals surface area contributed by atoms with Crippen LogP contribution >= 0.6 is 0 Å². The average Bonchev–Trinajstić information content (AvgIpc) is 4.09. The molecule has 4 fully saturated rings. The van der Waals surface area contributed by atoms with Crippen LogP contribution in [0.5, 0.6) is 5.75 Å². The molecule has 6 amide bonds. The van der Waals surface area contributed by atoms with Crippen molar-refractivity contribution in [1.82, 2.24) is 30.8 Å². The summed E-state index contributed by atoms with van der Waals surface area (Å²) in [7, 11) is 0. The van der Waals surface area contributed by atoms with Crippen LogP contribution in [0.4, 0.5) is 27.6 Å². The van der Waals surface area contributed by atoms with E-state index in [0.717, 1.165) is 62.6 Å². The molecule has 2 aromatic heterocycles. The lowest BCUT2D eigenvalue weighted by atomic mass is 9.77. The summed E-state index contributed by atoms with van der Waals surface area (Å²) in [4.78, 5) is 86.5. The molecule has 7 rings (SSSR count). The fourth-order valence-corrected chi connectivity index (χ4v) is 11.2. The van der Waals surface area contributed by atoms with E-state index in [-0.39, 0.29) is 97.0 Å². The summed E-state index contributed by atoms with van der Waals surface area (Å²) >= 11 is 0. The lowest BCUT2D eigenvalue weighted by molar-refractivity contribution is -0.272. The second-order valence-corrected chi connectivity index (χ2v) is 21.0. The molecule has 4 aliphatic rings. The normalized spacial score (nSPS) is 25.9. The van der Waals surface area contributed by atoms with E-state index >= 15 is 4.39 Å². The number of nitrogens with zero attached hydrogens (tertiary/aromatic N) is 3. The van der Waals surface area contributed by atoms with Crippen LogP contribution in [0.25, 0.3) is 0 Å². The highest BCUT2D eigenvalue weighted by Gasteiger charge is 2.66. The minimum Gasteiger partial charge on any atom is -0.488 e. The number of rotatable bonds is 26. The molecule has 19 nitrogen and oxygen atoms in total. The molecule has 4 heterocycles. The minimum atomic E-state index is -4.99. The molecule has 438 valence electrons. The number of primary amides is 1. The van der Waals surface area contributed by atoms with E-state index < -0.39 is 64.8 Å². The first kappa shape index (κ1) is 61.3. The molecule has 2 saturated heterocycles. The van der Waals surface area contributed by atoms with E-state index in [9.17, 15) is 46.3 Å². The Kier molecular flexibility index (Phi) is 21.7. The summed E-state index contributed by atoms with van der Waals surface area (Å²) in [5, 5.41) is 11.4. The summed E-state index contributed by atoms with van der Waals surface area (Å²) in [5.41, 5.74) is 2.73. The highest BCUT2D eigenvalue weighted by molar-refractivity contribution is 5.97. The van der Waals surface area contributed by atoms with Crippen molar-refractivity contribution < 1.29 is 74.4 Å². The van der Waals surface area contributed by atoms with Crippen LogP contribution in [0.1, 0.15) is 131 Å². The van der Waals surface area contributed by atoms with Crippen LogP contribution in [0.3, 0.4) is 0 Å². The Morgan fingerprint density at radius 1 is 0.850 bits per heavy atom. The first-order valence-corrected chi connectivity index (χ1v) is 27.6. The molecule has 0 unspecified atom stereocenters. The minimum absolute atomic E-state index is 0.0213. The second-order valence-electron chi connectivity index (χ2n) is 21.0. The van der Waals surface area contributed by atoms with Crippen LogP contribution in [0.15, 0.2) is 55.0 Å². The van der Waals surface area contributed by atoms with Gasteiger partial charge in [-0.05, 0) is 108 Å². The van der Waals surface area contributed by atoms with Gasteiger partial charge in [0.2, 0.25) is 29.4 Å². The maximum atomic E-state index is 15.4. The van der Waals surface area contributed by atoms with E-state index in [1.165, 1.54) is 13.0 Å². The van der Waals surface area contributed by atoms with Crippen molar-refractivity contribution in [1.29, 1.82) is 0 Å². The Morgan fingerprint density at radius 2 is 1.56 bits per heavy atom. The largest absolute Gasteiger partial charge is 0.488 e. The number of hydrogen-bond acceptors (Lipinski definition) is 13. The lowest BCUT2D eigenvalue weighted by Crippen LogP contribution is -2.47.